The van der Waals surface area contributed by atoms with Crippen LogP contribution in [-0.2, 0) is 16.6 Å². The summed E-state index contributed by atoms with van der Waals surface area (Å²) < 4.78 is 28.1. The Kier molecular flexibility index (Phi) is 3.92. The monoisotopic (exact) mass is 305 g/mol. The van der Waals surface area contributed by atoms with Crippen molar-refractivity contribution in [1.29, 1.82) is 0 Å². The molecule has 4 nitrogen and oxygen atoms in total. The highest BCUT2D eigenvalue weighted by Gasteiger charge is 2.48. The minimum absolute atomic E-state index is 0.100. The smallest absolute Gasteiger partial charge is 0.230 e. The Bertz CT molecular complexity index is 646. The van der Waals surface area contributed by atoms with Crippen LogP contribution in [0.2, 0.25) is 0 Å². The highest BCUT2D eigenvalue weighted by atomic mass is 19.1. The maximum Gasteiger partial charge on any atom is 0.230 e. The first kappa shape index (κ1) is 14.7. The van der Waals surface area contributed by atoms with Gasteiger partial charge in [-0.25, -0.2) is 13.8 Å². The molecule has 0 radical (unpaired) electrons. The Morgan fingerprint density at radius 2 is 2.05 bits per heavy atom. The zero-order valence-corrected chi connectivity index (χ0v) is 12.0. The van der Waals surface area contributed by atoms with E-state index in [1.165, 1.54) is 18.2 Å². The number of aromatic nitrogens is 2. The Morgan fingerprint density at radius 3 is 2.59 bits per heavy atom. The van der Waals surface area contributed by atoms with E-state index in [1.54, 1.807) is 12.4 Å². The van der Waals surface area contributed by atoms with Crippen molar-refractivity contribution < 1.29 is 13.6 Å². The summed E-state index contributed by atoms with van der Waals surface area (Å²) in [4.78, 5) is 19.5. The molecule has 1 aliphatic rings. The van der Waals surface area contributed by atoms with Gasteiger partial charge >= 0.3 is 0 Å². The van der Waals surface area contributed by atoms with E-state index >= 15 is 0 Å². The molecule has 22 heavy (non-hydrogen) atoms. The van der Waals surface area contributed by atoms with Crippen molar-refractivity contribution in [3.8, 4) is 0 Å². The lowest BCUT2D eigenvalue weighted by Crippen LogP contribution is -2.50. The largest absolute Gasteiger partial charge is 0.355 e. The third-order valence-corrected chi connectivity index (χ3v) is 4.29. The van der Waals surface area contributed by atoms with Crippen molar-refractivity contribution in [2.24, 2.45) is 0 Å². The van der Waals surface area contributed by atoms with E-state index in [9.17, 15) is 13.6 Å². The predicted molar refractivity (Wildman–Crippen MR) is 77.2 cm³/mol. The Morgan fingerprint density at radius 1 is 1.32 bits per heavy atom. The molecule has 1 saturated carbocycles. The first-order valence-corrected chi connectivity index (χ1v) is 7.34. The van der Waals surface area contributed by atoms with Gasteiger partial charge in [0.25, 0.3) is 0 Å². The molecule has 0 saturated heterocycles. The molecule has 0 bridgehead atoms. The fourth-order valence-electron chi connectivity index (χ4n) is 2.97. The van der Waals surface area contributed by atoms with Gasteiger partial charge in [0.2, 0.25) is 5.91 Å². The molecule has 1 heterocycles. The minimum atomic E-state index is -1.07. The van der Waals surface area contributed by atoms with E-state index < -0.39 is 17.0 Å². The fraction of sp³-hybridized carbons (Fsp3) is 0.375. The zero-order chi connectivity index (χ0) is 15.6. The highest BCUT2D eigenvalue weighted by Crippen LogP contribution is 2.45. The molecule has 1 aliphatic carbocycles. The summed E-state index contributed by atoms with van der Waals surface area (Å²) in [5.41, 5.74) is -1.17. The van der Waals surface area contributed by atoms with E-state index in [-0.39, 0.29) is 11.5 Å². The number of carbonyl (C=O) groups excluding carboxylic acids is 1. The number of nitrogens with zero attached hydrogens (tertiary/aromatic N) is 1. The average Bonchev–Trinajstić information content (AvgIpc) is 2.94. The number of rotatable bonds is 5. The van der Waals surface area contributed by atoms with Crippen LogP contribution in [0.25, 0.3) is 0 Å². The Labute approximate surface area is 127 Å². The molecule has 2 aromatic rings. The molecule has 0 atom stereocenters. The van der Waals surface area contributed by atoms with Crippen LogP contribution in [0.5, 0.6) is 0 Å². The molecule has 116 valence electrons. The van der Waals surface area contributed by atoms with Crippen LogP contribution in [-0.4, -0.2) is 22.4 Å². The van der Waals surface area contributed by atoms with Crippen molar-refractivity contribution in [1.82, 2.24) is 15.3 Å². The van der Waals surface area contributed by atoms with E-state index in [4.69, 9.17) is 0 Å². The van der Waals surface area contributed by atoms with E-state index in [2.05, 4.69) is 15.3 Å². The molecule has 1 aromatic carbocycles. The topological polar surface area (TPSA) is 57.8 Å². The number of amides is 1. The quantitative estimate of drug-likeness (QED) is 0.891. The van der Waals surface area contributed by atoms with Gasteiger partial charge in [0, 0.05) is 30.9 Å². The normalized spacial score (nSPS) is 16.1. The summed E-state index contributed by atoms with van der Waals surface area (Å²) in [6.07, 6.45) is 5.63. The van der Waals surface area contributed by atoms with Gasteiger partial charge < -0.3 is 10.3 Å². The number of benzene rings is 1. The molecular weight excluding hydrogens is 288 g/mol. The molecule has 1 amide bonds. The van der Waals surface area contributed by atoms with Crippen LogP contribution in [0, 0.1) is 11.6 Å². The van der Waals surface area contributed by atoms with E-state index in [0.29, 0.717) is 25.8 Å². The molecule has 6 heteroatoms. The van der Waals surface area contributed by atoms with Gasteiger partial charge in [-0.3, -0.25) is 4.79 Å². The second kappa shape index (κ2) is 5.87. The number of hydrogen-bond acceptors (Lipinski definition) is 2. The number of halogens is 2. The highest BCUT2D eigenvalue weighted by molar-refractivity contribution is 5.89. The standard InChI is InChI=1S/C16H17F2N3O/c17-11-3-1-4-12(18)14(11)16(6-2-7-16)15(22)21-8-5-13-19-9-10-20-13/h1,3-4,9-10H,2,5-8H2,(H,19,20)(H,21,22). The molecule has 0 spiro atoms. The Balaban J connectivity index is 1.74. The van der Waals surface area contributed by atoms with Crippen molar-refractivity contribution in [3.05, 3.63) is 53.6 Å². The molecular formula is C16H17F2N3O. The lowest BCUT2D eigenvalue weighted by molar-refractivity contribution is -0.130. The summed E-state index contributed by atoms with van der Waals surface area (Å²) in [5.74, 6) is -0.851. The van der Waals surface area contributed by atoms with Crippen LogP contribution in [0.1, 0.15) is 30.7 Å². The average molecular weight is 305 g/mol. The number of nitrogens with one attached hydrogen (secondary N) is 2. The van der Waals surface area contributed by atoms with Crippen LogP contribution in [0.15, 0.2) is 30.6 Å². The summed E-state index contributed by atoms with van der Waals surface area (Å²) in [6.45, 7) is 0.379. The summed E-state index contributed by atoms with van der Waals surface area (Å²) >= 11 is 0. The van der Waals surface area contributed by atoms with Gasteiger partial charge in [0.15, 0.2) is 0 Å². The van der Waals surface area contributed by atoms with E-state index in [1.807, 2.05) is 0 Å². The fourth-order valence-corrected chi connectivity index (χ4v) is 2.97. The summed E-state index contributed by atoms with van der Waals surface area (Å²) in [7, 11) is 0. The zero-order valence-electron chi connectivity index (χ0n) is 12.0. The molecule has 1 fully saturated rings. The minimum Gasteiger partial charge on any atom is -0.355 e. The third kappa shape index (κ3) is 2.49. The first-order valence-electron chi connectivity index (χ1n) is 7.34. The molecule has 1 aromatic heterocycles. The van der Waals surface area contributed by atoms with Crippen LogP contribution >= 0.6 is 0 Å². The Hall–Kier alpha value is -2.24. The van der Waals surface area contributed by atoms with Gasteiger partial charge in [-0.15, -0.1) is 0 Å². The maximum absolute atomic E-state index is 14.0. The second-order valence-electron chi connectivity index (χ2n) is 5.57. The summed E-state index contributed by atoms with van der Waals surface area (Å²) in [5, 5.41) is 2.78. The van der Waals surface area contributed by atoms with Gasteiger partial charge in [-0.1, -0.05) is 12.5 Å². The molecule has 0 unspecified atom stereocenters. The van der Waals surface area contributed by atoms with Crippen molar-refractivity contribution >= 4 is 5.91 Å². The number of imidazole rings is 1. The second-order valence-corrected chi connectivity index (χ2v) is 5.57. The van der Waals surface area contributed by atoms with Gasteiger partial charge in [0.1, 0.15) is 17.5 Å². The van der Waals surface area contributed by atoms with Gasteiger partial charge in [-0.05, 0) is 25.0 Å². The van der Waals surface area contributed by atoms with Crippen molar-refractivity contribution in [2.45, 2.75) is 31.1 Å². The number of carbonyl (C=O) groups is 1. The van der Waals surface area contributed by atoms with Crippen molar-refractivity contribution in [2.75, 3.05) is 6.54 Å². The lowest BCUT2D eigenvalue weighted by Gasteiger charge is -2.40. The molecule has 2 N–H and O–H groups in total. The van der Waals surface area contributed by atoms with Gasteiger partial charge in [-0.2, -0.15) is 0 Å². The molecule has 0 aliphatic heterocycles. The SMILES string of the molecule is O=C(NCCc1ncc[nH]1)C1(c2c(F)cccc2F)CCC1. The maximum atomic E-state index is 14.0. The third-order valence-electron chi connectivity index (χ3n) is 4.29. The van der Waals surface area contributed by atoms with E-state index in [0.717, 1.165) is 12.2 Å². The number of H-pyrrole nitrogens is 1. The first-order chi connectivity index (χ1) is 10.6. The number of aromatic amines is 1. The number of hydrogen-bond donors (Lipinski definition) is 2. The van der Waals surface area contributed by atoms with Crippen LogP contribution < -0.4 is 5.32 Å². The molecule has 3 rings (SSSR count). The van der Waals surface area contributed by atoms with Crippen molar-refractivity contribution in [3.63, 3.8) is 0 Å². The van der Waals surface area contributed by atoms with Gasteiger partial charge in [0.05, 0.1) is 5.41 Å². The van der Waals surface area contributed by atoms with Crippen LogP contribution in [0.4, 0.5) is 8.78 Å². The summed E-state index contributed by atoms with van der Waals surface area (Å²) in [6, 6.07) is 3.72. The lowest BCUT2D eigenvalue weighted by atomic mass is 9.63. The van der Waals surface area contributed by atoms with Crippen LogP contribution in [0.3, 0.4) is 0 Å². The predicted octanol–water partition coefficient (Wildman–Crippen LogP) is 2.47.